The Balaban J connectivity index is 1.40. The molecule has 1 aliphatic rings. The number of fused-ring (bicyclic) bond motifs is 1. The number of carbonyl (C=O) groups is 2. The molecule has 30 heavy (non-hydrogen) atoms. The highest BCUT2D eigenvalue weighted by atomic mass is 79.9. The molecule has 2 N–H and O–H groups in total. The predicted molar refractivity (Wildman–Crippen MR) is 116 cm³/mol. The third-order valence-electron chi connectivity index (χ3n) is 4.28. The summed E-state index contributed by atoms with van der Waals surface area (Å²) in [6.07, 6.45) is 1.51. The second kappa shape index (κ2) is 8.79. The number of nitrogens with one attached hydrogen (secondary N) is 2. The Morgan fingerprint density at radius 2 is 1.77 bits per heavy atom. The maximum atomic E-state index is 12.4. The summed E-state index contributed by atoms with van der Waals surface area (Å²) in [5.41, 5.74) is 4.60. The molecule has 1 aliphatic heterocycles. The van der Waals surface area contributed by atoms with E-state index in [0.717, 1.165) is 5.56 Å². The lowest BCUT2D eigenvalue weighted by atomic mass is 10.1. The predicted octanol–water partition coefficient (Wildman–Crippen LogP) is 4.19. The summed E-state index contributed by atoms with van der Waals surface area (Å²) in [6, 6.07) is 19.1. The van der Waals surface area contributed by atoms with Gasteiger partial charge in [0.25, 0.3) is 11.8 Å². The number of nitrogens with zero attached hydrogens (tertiary/aromatic N) is 1. The van der Waals surface area contributed by atoms with Crippen LogP contribution in [0.25, 0.3) is 0 Å². The third kappa shape index (κ3) is 4.49. The molecule has 3 aromatic rings. The third-order valence-corrected chi connectivity index (χ3v) is 4.97. The fraction of sp³-hybridized carbons (Fsp3) is 0.0455. The van der Waals surface area contributed by atoms with Crippen molar-refractivity contribution in [2.75, 3.05) is 12.1 Å². The molecule has 0 aromatic heterocycles. The minimum atomic E-state index is -0.399. The number of amides is 2. The van der Waals surface area contributed by atoms with E-state index in [9.17, 15) is 9.59 Å². The molecular formula is C22H16BrN3O4. The van der Waals surface area contributed by atoms with Crippen LogP contribution in [-0.2, 0) is 0 Å². The molecule has 3 aromatic carbocycles. The summed E-state index contributed by atoms with van der Waals surface area (Å²) in [4.78, 5) is 24.8. The zero-order chi connectivity index (χ0) is 20.9. The van der Waals surface area contributed by atoms with E-state index in [1.807, 2.05) is 6.07 Å². The van der Waals surface area contributed by atoms with Crippen molar-refractivity contribution < 1.29 is 19.1 Å². The van der Waals surface area contributed by atoms with Gasteiger partial charge in [-0.2, -0.15) is 5.10 Å². The molecule has 0 fully saturated rings. The number of hydrogen-bond donors (Lipinski definition) is 2. The van der Waals surface area contributed by atoms with Crippen LogP contribution in [0.2, 0.25) is 0 Å². The number of benzene rings is 3. The van der Waals surface area contributed by atoms with Crippen molar-refractivity contribution in [3.63, 3.8) is 0 Å². The standard InChI is InChI=1S/C22H16BrN3O4/c23-18-7-2-1-6-17(18)22(28)25-16-5-3-4-15(11-16)21(27)26-24-12-14-8-9-19-20(10-14)30-13-29-19/h1-12H,13H2,(H,25,28)(H,26,27). The van der Waals surface area contributed by atoms with E-state index in [1.54, 1.807) is 60.7 Å². The van der Waals surface area contributed by atoms with Crippen molar-refractivity contribution in [3.8, 4) is 11.5 Å². The summed E-state index contributed by atoms with van der Waals surface area (Å²) < 4.78 is 11.3. The van der Waals surface area contributed by atoms with E-state index in [-0.39, 0.29) is 12.7 Å². The van der Waals surface area contributed by atoms with E-state index in [0.29, 0.717) is 32.8 Å². The Morgan fingerprint density at radius 1 is 0.933 bits per heavy atom. The highest BCUT2D eigenvalue weighted by molar-refractivity contribution is 9.10. The van der Waals surface area contributed by atoms with Crippen LogP contribution in [0.1, 0.15) is 26.3 Å². The highest BCUT2D eigenvalue weighted by Crippen LogP contribution is 2.31. The van der Waals surface area contributed by atoms with Crippen LogP contribution in [0.4, 0.5) is 5.69 Å². The maximum Gasteiger partial charge on any atom is 0.271 e. The van der Waals surface area contributed by atoms with Crippen LogP contribution in [0, 0.1) is 0 Å². The number of carbonyl (C=O) groups excluding carboxylic acids is 2. The Hall–Kier alpha value is -3.65. The van der Waals surface area contributed by atoms with E-state index in [4.69, 9.17) is 9.47 Å². The van der Waals surface area contributed by atoms with Crippen LogP contribution in [0.15, 0.2) is 76.3 Å². The van der Waals surface area contributed by atoms with Crippen molar-refractivity contribution in [2.24, 2.45) is 5.10 Å². The fourth-order valence-electron chi connectivity index (χ4n) is 2.81. The molecule has 0 atom stereocenters. The Kier molecular flexibility index (Phi) is 5.76. The van der Waals surface area contributed by atoms with Gasteiger partial charge in [-0.3, -0.25) is 9.59 Å². The van der Waals surface area contributed by atoms with Crippen LogP contribution in [-0.4, -0.2) is 24.8 Å². The molecule has 1 heterocycles. The number of hydrazone groups is 1. The second-order valence-electron chi connectivity index (χ2n) is 6.33. The van der Waals surface area contributed by atoms with Gasteiger partial charge in [-0.05, 0) is 70.0 Å². The monoisotopic (exact) mass is 465 g/mol. The number of rotatable bonds is 5. The molecule has 0 saturated carbocycles. The van der Waals surface area contributed by atoms with Crippen molar-refractivity contribution in [3.05, 3.63) is 87.9 Å². The topological polar surface area (TPSA) is 89.0 Å². The van der Waals surface area contributed by atoms with E-state index in [2.05, 4.69) is 31.8 Å². The first-order valence-corrected chi connectivity index (χ1v) is 9.78. The average molecular weight is 466 g/mol. The van der Waals surface area contributed by atoms with Crippen LogP contribution >= 0.6 is 15.9 Å². The van der Waals surface area contributed by atoms with Crippen LogP contribution in [0.3, 0.4) is 0 Å². The Morgan fingerprint density at radius 3 is 2.63 bits per heavy atom. The number of hydrogen-bond acceptors (Lipinski definition) is 5. The smallest absolute Gasteiger partial charge is 0.271 e. The quantitative estimate of drug-likeness (QED) is 0.436. The van der Waals surface area contributed by atoms with E-state index < -0.39 is 5.91 Å². The van der Waals surface area contributed by atoms with Gasteiger partial charge in [-0.15, -0.1) is 0 Å². The molecule has 0 spiro atoms. The lowest BCUT2D eigenvalue weighted by molar-refractivity contribution is 0.0953. The number of ether oxygens (including phenoxy) is 2. The first-order valence-electron chi connectivity index (χ1n) is 8.99. The van der Waals surface area contributed by atoms with Gasteiger partial charge in [0.15, 0.2) is 11.5 Å². The maximum absolute atomic E-state index is 12.4. The van der Waals surface area contributed by atoms with Crippen molar-refractivity contribution in [1.29, 1.82) is 0 Å². The van der Waals surface area contributed by atoms with Crippen LogP contribution in [0.5, 0.6) is 11.5 Å². The number of halogens is 1. The minimum Gasteiger partial charge on any atom is -0.454 e. The molecule has 150 valence electrons. The fourth-order valence-corrected chi connectivity index (χ4v) is 3.27. The summed E-state index contributed by atoms with van der Waals surface area (Å²) >= 11 is 3.36. The van der Waals surface area contributed by atoms with Crippen molar-refractivity contribution in [2.45, 2.75) is 0 Å². The van der Waals surface area contributed by atoms with Gasteiger partial charge in [-0.1, -0.05) is 18.2 Å². The van der Waals surface area contributed by atoms with E-state index in [1.165, 1.54) is 6.21 Å². The summed E-state index contributed by atoms with van der Waals surface area (Å²) in [5, 5.41) is 6.77. The summed E-state index contributed by atoms with van der Waals surface area (Å²) in [6.45, 7) is 0.195. The Labute approximate surface area is 180 Å². The zero-order valence-corrected chi connectivity index (χ0v) is 17.2. The van der Waals surface area contributed by atoms with Crippen molar-refractivity contribution >= 4 is 39.6 Å². The highest BCUT2D eigenvalue weighted by Gasteiger charge is 2.13. The Bertz CT molecular complexity index is 1150. The largest absolute Gasteiger partial charge is 0.454 e. The SMILES string of the molecule is O=C(NN=Cc1ccc2c(c1)OCO2)c1cccc(NC(=O)c2ccccc2Br)c1. The van der Waals surface area contributed by atoms with E-state index >= 15 is 0 Å². The zero-order valence-electron chi connectivity index (χ0n) is 15.6. The van der Waals surface area contributed by atoms with Crippen molar-refractivity contribution in [1.82, 2.24) is 5.43 Å². The van der Waals surface area contributed by atoms with Gasteiger partial charge in [0.1, 0.15) is 0 Å². The molecular weight excluding hydrogens is 450 g/mol. The normalized spacial score (nSPS) is 12.0. The molecule has 0 bridgehead atoms. The van der Waals surface area contributed by atoms with Gasteiger partial charge in [0.2, 0.25) is 6.79 Å². The van der Waals surface area contributed by atoms with Crippen LogP contribution < -0.4 is 20.2 Å². The summed E-state index contributed by atoms with van der Waals surface area (Å²) in [5.74, 6) is 0.640. The molecule has 0 aliphatic carbocycles. The van der Waals surface area contributed by atoms with Gasteiger partial charge >= 0.3 is 0 Å². The molecule has 7 nitrogen and oxygen atoms in total. The molecule has 8 heteroatoms. The molecule has 2 amide bonds. The average Bonchev–Trinajstić information content (AvgIpc) is 3.22. The lowest BCUT2D eigenvalue weighted by Crippen LogP contribution is -2.18. The minimum absolute atomic E-state index is 0.195. The molecule has 0 saturated heterocycles. The second-order valence-corrected chi connectivity index (χ2v) is 7.18. The van der Waals surface area contributed by atoms with Gasteiger partial charge in [0.05, 0.1) is 11.8 Å². The molecule has 0 unspecified atom stereocenters. The first-order chi connectivity index (χ1) is 14.6. The number of anilines is 1. The lowest BCUT2D eigenvalue weighted by Gasteiger charge is -2.08. The van der Waals surface area contributed by atoms with Gasteiger partial charge in [0, 0.05) is 15.7 Å². The molecule has 4 rings (SSSR count). The molecule has 0 radical (unpaired) electrons. The summed E-state index contributed by atoms with van der Waals surface area (Å²) in [7, 11) is 0. The van der Waals surface area contributed by atoms with Gasteiger partial charge < -0.3 is 14.8 Å². The first kappa shape index (κ1) is 19.7. The van der Waals surface area contributed by atoms with Gasteiger partial charge in [-0.25, -0.2) is 5.43 Å².